The van der Waals surface area contributed by atoms with E-state index in [-0.39, 0.29) is 5.91 Å². The van der Waals surface area contributed by atoms with Gasteiger partial charge in [0, 0.05) is 37.8 Å². The largest absolute Gasteiger partial charge is 0.357 e. The van der Waals surface area contributed by atoms with E-state index in [9.17, 15) is 4.79 Å². The molecule has 21 heavy (non-hydrogen) atoms. The molecule has 0 spiro atoms. The second-order valence-corrected chi connectivity index (χ2v) is 7.03. The minimum atomic E-state index is 0.266. The summed E-state index contributed by atoms with van der Waals surface area (Å²) in [6, 6.07) is 0. The van der Waals surface area contributed by atoms with E-state index >= 15 is 0 Å². The molecule has 0 aliphatic carbocycles. The van der Waals surface area contributed by atoms with Gasteiger partial charge in [-0.1, -0.05) is 0 Å². The van der Waals surface area contributed by atoms with Crippen molar-refractivity contribution in [1.29, 1.82) is 0 Å². The average molecular weight is 312 g/mol. The van der Waals surface area contributed by atoms with Crippen molar-refractivity contribution in [3.05, 3.63) is 0 Å². The van der Waals surface area contributed by atoms with Crippen LogP contribution in [0.1, 0.15) is 39.0 Å². The lowest BCUT2D eigenvalue weighted by Crippen LogP contribution is -2.40. The van der Waals surface area contributed by atoms with Gasteiger partial charge in [0.25, 0.3) is 0 Å². The van der Waals surface area contributed by atoms with E-state index in [2.05, 4.69) is 22.5 Å². The number of likely N-dealkylation sites (tertiary alicyclic amines) is 1. The molecule has 2 fully saturated rings. The fourth-order valence-corrected chi connectivity index (χ4v) is 3.92. The van der Waals surface area contributed by atoms with Crippen LogP contribution in [-0.4, -0.2) is 60.5 Å². The highest BCUT2D eigenvalue weighted by Gasteiger charge is 2.17. The number of carbonyl (C=O) groups is 1. The van der Waals surface area contributed by atoms with Crippen molar-refractivity contribution < 1.29 is 4.79 Å². The van der Waals surface area contributed by atoms with Crippen LogP contribution < -0.4 is 10.6 Å². The monoisotopic (exact) mass is 312 g/mol. The first-order valence-corrected chi connectivity index (χ1v) is 9.26. The van der Waals surface area contributed by atoms with Crippen molar-refractivity contribution in [1.82, 2.24) is 15.5 Å². The second-order valence-electron chi connectivity index (χ2n) is 5.62. The molecule has 0 bridgehead atoms. The lowest BCUT2D eigenvalue weighted by molar-refractivity contribution is -0.129. The maximum absolute atomic E-state index is 12.0. The Balaban J connectivity index is 1.68. The summed E-state index contributed by atoms with van der Waals surface area (Å²) in [5, 5.41) is 7.21. The molecule has 1 unspecified atom stereocenters. The minimum Gasteiger partial charge on any atom is -0.357 e. The number of nitrogens with one attached hydrogen (secondary N) is 2. The van der Waals surface area contributed by atoms with Crippen LogP contribution in [0.3, 0.4) is 0 Å². The van der Waals surface area contributed by atoms with Crippen molar-refractivity contribution >= 4 is 23.6 Å². The molecule has 5 nitrogen and oxygen atoms in total. The van der Waals surface area contributed by atoms with Gasteiger partial charge in [-0.2, -0.15) is 11.8 Å². The molecule has 120 valence electrons. The number of amides is 1. The number of aliphatic imine (C=N–C) groups is 1. The highest BCUT2D eigenvalue weighted by atomic mass is 32.2. The quantitative estimate of drug-likeness (QED) is 0.576. The lowest BCUT2D eigenvalue weighted by atomic mass is 10.2. The van der Waals surface area contributed by atoms with E-state index in [1.54, 1.807) is 0 Å². The standard InChI is InChI=1S/C15H28N4OS/c1-2-16-15(18-12-13-6-5-11-21-13)17-8-7-14(20)19-9-3-4-10-19/h13H,2-12H2,1H3,(H2,16,17,18). The van der Waals surface area contributed by atoms with Crippen LogP contribution in [0.25, 0.3) is 0 Å². The van der Waals surface area contributed by atoms with E-state index in [4.69, 9.17) is 0 Å². The number of guanidine groups is 1. The third-order valence-electron chi connectivity index (χ3n) is 3.91. The number of hydrogen-bond donors (Lipinski definition) is 2. The van der Waals surface area contributed by atoms with Crippen LogP contribution in [0.15, 0.2) is 4.99 Å². The summed E-state index contributed by atoms with van der Waals surface area (Å²) in [4.78, 5) is 18.6. The third-order valence-corrected chi connectivity index (χ3v) is 5.29. The van der Waals surface area contributed by atoms with Gasteiger partial charge in [-0.15, -0.1) is 0 Å². The average Bonchev–Trinajstić information content (AvgIpc) is 3.17. The van der Waals surface area contributed by atoms with E-state index in [0.717, 1.165) is 45.0 Å². The lowest BCUT2D eigenvalue weighted by Gasteiger charge is -2.16. The molecule has 2 aliphatic heterocycles. The molecule has 2 N–H and O–H groups in total. The Hall–Kier alpha value is -0.910. The molecule has 0 radical (unpaired) electrons. The minimum absolute atomic E-state index is 0.266. The summed E-state index contributed by atoms with van der Waals surface area (Å²) in [5.74, 6) is 2.38. The first kappa shape index (κ1) is 16.5. The molecule has 2 rings (SSSR count). The Morgan fingerprint density at radius 1 is 1.29 bits per heavy atom. The molecule has 0 aromatic carbocycles. The molecule has 2 aliphatic rings. The van der Waals surface area contributed by atoms with Gasteiger partial charge in [0.1, 0.15) is 0 Å². The summed E-state index contributed by atoms with van der Waals surface area (Å²) in [6.07, 6.45) is 5.47. The van der Waals surface area contributed by atoms with Crippen LogP contribution in [-0.2, 0) is 4.79 Å². The summed E-state index contributed by atoms with van der Waals surface area (Å²) < 4.78 is 0. The van der Waals surface area contributed by atoms with Gasteiger partial charge in [0.15, 0.2) is 5.96 Å². The number of nitrogens with zero attached hydrogens (tertiary/aromatic N) is 2. The van der Waals surface area contributed by atoms with Crippen molar-refractivity contribution in [3.8, 4) is 0 Å². The molecule has 0 aromatic heterocycles. The number of carbonyl (C=O) groups excluding carboxylic acids is 1. The number of rotatable bonds is 6. The molecule has 0 aromatic rings. The van der Waals surface area contributed by atoms with E-state index < -0.39 is 0 Å². The Morgan fingerprint density at radius 2 is 2.10 bits per heavy atom. The zero-order valence-corrected chi connectivity index (χ0v) is 13.9. The van der Waals surface area contributed by atoms with E-state index in [1.807, 2.05) is 16.7 Å². The maximum atomic E-state index is 12.0. The first-order chi connectivity index (χ1) is 10.3. The van der Waals surface area contributed by atoms with Crippen LogP contribution in [0.5, 0.6) is 0 Å². The molecule has 1 atom stereocenters. The predicted molar refractivity (Wildman–Crippen MR) is 89.9 cm³/mol. The number of thioether (sulfide) groups is 1. The Bertz CT molecular complexity index is 350. The van der Waals surface area contributed by atoms with Crippen molar-refractivity contribution in [3.63, 3.8) is 0 Å². The van der Waals surface area contributed by atoms with Gasteiger partial charge >= 0.3 is 0 Å². The van der Waals surface area contributed by atoms with Crippen molar-refractivity contribution in [2.45, 2.75) is 44.3 Å². The second kappa shape index (κ2) is 9.18. The van der Waals surface area contributed by atoms with Crippen LogP contribution in [0.4, 0.5) is 0 Å². The van der Waals surface area contributed by atoms with Crippen molar-refractivity contribution in [2.24, 2.45) is 4.99 Å². The van der Waals surface area contributed by atoms with Gasteiger partial charge in [0.2, 0.25) is 5.91 Å². The van der Waals surface area contributed by atoms with Crippen LogP contribution in [0, 0.1) is 0 Å². The third kappa shape index (κ3) is 5.77. The van der Waals surface area contributed by atoms with Gasteiger partial charge < -0.3 is 15.5 Å². The van der Waals surface area contributed by atoms with Gasteiger partial charge in [0.05, 0.1) is 6.54 Å². The molecule has 2 heterocycles. The Morgan fingerprint density at radius 3 is 2.76 bits per heavy atom. The van der Waals surface area contributed by atoms with Crippen LogP contribution in [0.2, 0.25) is 0 Å². The van der Waals surface area contributed by atoms with Gasteiger partial charge in [-0.05, 0) is 38.4 Å². The van der Waals surface area contributed by atoms with Crippen molar-refractivity contribution in [2.75, 3.05) is 38.5 Å². The fourth-order valence-electron chi connectivity index (χ4n) is 2.74. The van der Waals surface area contributed by atoms with E-state index in [1.165, 1.54) is 18.6 Å². The Kier molecular flexibility index (Phi) is 7.19. The molecular formula is C15H28N4OS. The number of hydrogen-bond acceptors (Lipinski definition) is 3. The molecule has 1 amide bonds. The zero-order valence-electron chi connectivity index (χ0n) is 13.1. The maximum Gasteiger partial charge on any atom is 0.224 e. The fraction of sp³-hybridized carbons (Fsp3) is 0.867. The summed E-state index contributed by atoms with van der Waals surface area (Å²) in [6.45, 7) is 6.33. The van der Waals surface area contributed by atoms with E-state index in [0.29, 0.717) is 18.2 Å². The first-order valence-electron chi connectivity index (χ1n) is 8.21. The van der Waals surface area contributed by atoms with Gasteiger partial charge in [-0.3, -0.25) is 9.79 Å². The van der Waals surface area contributed by atoms with Crippen LogP contribution >= 0.6 is 11.8 Å². The SMILES string of the molecule is CCNC(=NCC1CCCS1)NCCC(=O)N1CCCC1. The zero-order chi connectivity index (χ0) is 14.9. The molecule has 2 saturated heterocycles. The molecule has 6 heteroatoms. The summed E-state index contributed by atoms with van der Waals surface area (Å²) in [5.41, 5.74) is 0. The van der Waals surface area contributed by atoms with Gasteiger partial charge in [-0.25, -0.2) is 0 Å². The Labute approximate surface area is 132 Å². The highest BCUT2D eigenvalue weighted by Crippen LogP contribution is 2.25. The summed E-state index contributed by atoms with van der Waals surface area (Å²) >= 11 is 2.02. The topological polar surface area (TPSA) is 56.7 Å². The normalized spacial score (nSPS) is 22.6. The molecular weight excluding hydrogens is 284 g/mol. The summed E-state index contributed by atoms with van der Waals surface area (Å²) in [7, 11) is 0. The smallest absolute Gasteiger partial charge is 0.224 e. The highest BCUT2D eigenvalue weighted by molar-refractivity contribution is 8.00. The predicted octanol–water partition coefficient (Wildman–Crippen LogP) is 1.45. The molecule has 0 saturated carbocycles.